The van der Waals surface area contributed by atoms with Gasteiger partial charge in [0.25, 0.3) is 0 Å². The first-order chi connectivity index (χ1) is 17.8. The van der Waals surface area contributed by atoms with Crippen molar-refractivity contribution in [1.82, 2.24) is 0 Å². The number of fused-ring (bicyclic) bond motifs is 4. The highest BCUT2D eigenvalue weighted by Crippen LogP contribution is 2.33. The number of furan rings is 2. The zero-order chi connectivity index (χ0) is 26.8. The van der Waals surface area contributed by atoms with Crippen LogP contribution in [0.15, 0.2) is 81.6 Å². The molecule has 7 rings (SSSR count). The topological polar surface area (TPSA) is 26.3 Å². The van der Waals surface area contributed by atoms with Crippen molar-refractivity contribution in [2.75, 3.05) is 0 Å². The molecule has 2 nitrogen and oxygen atoms in total. The molecule has 4 aromatic carbocycles. The maximum Gasteiger partial charge on any atom is 0.135 e. The second-order valence-corrected chi connectivity index (χ2v) is 43.9. The van der Waals surface area contributed by atoms with E-state index in [9.17, 15) is 0 Å². The molecule has 1 aliphatic heterocycles. The van der Waals surface area contributed by atoms with Crippen molar-refractivity contribution in [1.29, 1.82) is 0 Å². The Morgan fingerprint density at radius 2 is 0.553 bits per heavy atom. The SMILES string of the molecule is C[Si]1(C)c2ccc3oc4ccc(cc4c3c2)[Si](C)(C)[Si](C)(C)c2ccc3oc4ccc(cc4c3c2)[Si]1(C)C. The molecule has 3 heterocycles. The van der Waals surface area contributed by atoms with Crippen molar-refractivity contribution in [3.63, 3.8) is 0 Å². The summed E-state index contributed by atoms with van der Waals surface area (Å²) in [5.41, 5.74) is 4.05. The Morgan fingerprint density at radius 3 is 0.763 bits per heavy atom. The third-order valence-electron chi connectivity index (χ3n) is 11.0. The molecule has 0 amide bonds. The fourth-order valence-electron chi connectivity index (χ4n) is 6.55. The molecule has 0 N–H and O–H groups in total. The van der Waals surface area contributed by atoms with Crippen LogP contribution in [0, 0.1) is 0 Å². The molecule has 8 bridgehead atoms. The van der Waals surface area contributed by atoms with Crippen LogP contribution >= 0.6 is 0 Å². The number of hydrogen-bond donors (Lipinski definition) is 0. The Kier molecular flexibility index (Phi) is 4.82. The lowest BCUT2D eigenvalue weighted by Gasteiger charge is -2.40. The molecule has 2 aromatic heterocycles. The molecule has 0 spiro atoms. The number of benzene rings is 4. The quantitative estimate of drug-likeness (QED) is 0.185. The fourth-order valence-corrected chi connectivity index (χ4v) is 24.0. The lowest BCUT2D eigenvalue weighted by molar-refractivity contribution is 0.668. The Balaban J connectivity index is 1.63. The molecule has 0 saturated heterocycles. The van der Waals surface area contributed by atoms with Crippen LogP contribution in [0.3, 0.4) is 0 Å². The van der Waals surface area contributed by atoms with Crippen LogP contribution in [0.1, 0.15) is 0 Å². The van der Waals surface area contributed by atoms with Gasteiger partial charge in [-0.15, -0.1) is 0 Å². The molecule has 1 aliphatic rings. The van der Waals surface area contributed by atoms with Gasteiger partial charge in [0.05, 0.1) is 30.4 Å². The second-order valence-electron chi connectivity index (χ2n) is 13.5. The third-order valence-corrected chi connectivity index (χ3v) is 46.4. The van der Waals surface area contributed by atoms with Gasteiger partial charge in [0.15, 0.2) is 0 Å². The van der Waals surface area contributed by atoms with Crippen molar-refractivity contribution >= 4 is 95.0 Å². The first-order valence-electron chi connectivity index (χ1n) is 13.8. The summed E-state index contributed by atoms with van der Waals surface area (Å²) in [6.07, 6.45) is 0. The minimum Gasteiger partial charge on any atom is -0.456 e. The summed E-state index contributed by atoms with van der Waals surface area (Å²) in [5.74, 6) is 0. The second kappa shape index (κ2) is 7.50. The van der Waals surface area contributed by atoms with E-state index in [1.165, 1.54) is 42.3 Å². The van der Waals surface area contributed by atoms with Crippen LogP contribution in [-0.4, -0.2) is 30.4 Å². The first-order valence-corrected chi connectivity index (χ1v) is 27.8. The van der Waals surface area contributed by atoms with E-state index in [0.29, 0.717) is 0 Å². The van der Waals surface area contributed by atoms with Gasteiger partial charge in [-0.05, 0) is 24.3 Å². The average Bonchev–Trinajstić information content (AvgIpc) is 3.44. The summed E-state index contributed by atoms with van der Waals surface area (Å²) in [6.45, 7) is 20.6. The molecule has 0 radical (unpaired) electrons. The van der Waals surface area contributed by atoms with Crippen LogP contribution in [0.4, 0.5) is 0 Å². The maximum absolute atomic E-state index is 6.39. The summed E-state index contributed by atoms with van der Waals surface area (Å²) < 4.78 is 12.8. The van der Waals surface area contributed by atoms with Crippen molar-refractivity contribution in [2.24, 2.45) is 0 Å². The zero-order valence-electron chi connectivity index (χ0n) is 23.7. The van der Waals surface area contributed by atoms with E-state index in [1.54, 1.807) is 0 Å². The summed E-state index contributed by atoms with van der Waals surface area (Å²) in [7, 11) is -7.36. The molecule has 38 heavy (non-hydrogen) atoms. The minimum atomic E-state index is -1.84. The van der Waals surface area contributed by atoms with Crippen LogP contribution in [0.25, 0.3) is 43.9 Å². The average molecular weight is 565 g/mol. The Bertz CT molecular complexity index is 1660. The number of hydrogen-bond acceptors (Lipinski definition) is 2. The van der Waals surface area contributed by atoms with Gasteiger partial charge in [0.2, 0.25) is 0 Å². The van der Waals surface area contributed by atoms with E-state index in [1.807, 2.05) is 0 Å². The molecular weight excluding hydrogens is 529 g/mol. The Labute approximate surface area is 228 Å². The molecule has 0 unspecified atom stereocenters. The molecule has 0 atom stereocenters. The van der Waals surface area contributed by atoms with Gasteiger partial charge in [-0.1, -0.05) is 122 Å². The minimum absolute atomic E-state index is 1.01. The highest BCUT2D eigenvalue weighted by molar-refractivity contribution is 7.50. The molecular formula is C32H36O2Si4. The van der Waals surface area contributed by atoms with Crippen LogP contribution in [-0.2, 0) is 0 Å². The highest BCUT2D eigenvalue weighted by atomic mass is 29.3. The molecule has 0 fully saturated rings. The van der Waals surface area contributed by atoms with E-state index < -0.39 is 30.4 Å². The van der Waals surface area contributed by atoms with Gasteiger partial charge >= 0.3 is 0 Å². The maximum atomic E-state index is 6.39. The molecule has 6 heteroatoms. The smallest absolute Gasteiger partial charge is 0.135 e. The van der Waals surface area contributed by atoms with E-state index in [-0.39, 0.29) is 0 Å². The van der Waals surface area contributed by atoms with Gasteiger partial charge in [0, 0.05) is 21.5 Å². The van der Waals surface area contributed by atoms with Gasteiger partial charge in [-0.3, -0.25) is 0 Å². The fraction of sp³-hybridized carbons (Fsp3) is 0.250. The molecule has 0 aliphatic carbocycles. The standard InChI is InChI=1S/C32H36O2Si4/c1-35(2)21-9-13-29-25(17-21)27-19-23(11-15-31(27)33-29)37(5,6)38(7,8)24-12-16-32-28(20-24)26-18-22(36(35,3)4)10-14-30(26)34-32/h9-20H,1-8H3. The van der Waals surface area contributed by atoms with E-state index in [0.717, 1.165) is 22.3 Å². The summed E-state index contributed by atoms with van der Waals surface area (Å²) >= 11 is 0. The highest BCUT2D eigenvalue weighted by Gasteiger charge is 2.45. The van der Waals surface area contributed by atoms with E-state index >= 15 is 0 Å². The van der Waals surface area contributed by atoms with Gasteiger partial charge in [0.1, 0.15) is 22.3 Å². The van der Waals surface area contributed by atoms with Gasteiger partial charge in [-0.2, -0.15) is 0 Å². The van der Waals surface area contributed by atoms with Crippen LogP contribution < -0.4 is 20.7 Å². The normalized spacial score (nSPS) is 19.4. The Hall–Kier alpha value is -2.65. The summed E-state index contributed by atoms with van der Waals surface area (Å²) in [5, 5.41) is 11.3. The molecule has 0 saturated carbocycles. The predicted molar refractivity (Wildman–Crippen MR) is 176 cm³/mol. The first kappa shape index (κ1) is 24.4. The van der Waals surface area contributed by atoms with Crippen molar-refractivity contribution in [3.8, 4) is 0 Å². The monoisotopic (exact) mass is 564 g/mol. The predicted octanol–water partition coefficient (Wildman–Crippen LogP) is 7.02. The largest absolute Gasteiger partial charge is 0.456 e. The van der Waals surface area contributed by atoms with E-state index in [4.69, 9.17) is 8.83 Å². The van der Waals surface area contributed by atoms with E-state index in [2.05, 4.69) is 125 Å². The van der Waals surface area contributed by atoms with Gasteiger partial charge < -0.3 is 8.83 Å². The summed E-state index contributed by atoms with van der Waals surface area (Å²) in [6, 6.07) is 28.4. The van der Waals surface area contributed by atoms with Gasteiger partial charge in [-0.25, -0.2) is 0 Å². The number of rotatable bonds is 0. The lowest BCUT2D eigenvalue weighted by Crippen LogP contribution is -2.69. The van der Waals surface area contributed by atoms with Crippen molar-refractivity contribution < 1.29 is 8.83 Å². The van der Waals surface area contributed by atoms with Crippen LogP contribution in [0.2, 0.25) is 52.4 Å². The zero-order valence-corrected chi connectivity index (χ0v) is 27.7. The van der Waals surface area contributed by atoms with Crippen LogP contribution in [0.5, 0.6) is 0 Å². The lowest BCUT2D eigenvalue weighted by atomic mass is 10.1. The molecule has 6 aromatic rings. The van der Waals surface area contributed by atoms with Crippen molar-refractivity contribution in [2.45, 2.75) is 52.4 Å². The molecule has 192 valence electrons. The third kappa shape index (κ3) is 3.03. The summed E-state index contributed by atoms with van der Waals surface area (Å²) in [4.78, 5) is 0. The Morgan fingerprint density at radius 1 is 0.342 bits per heavy atom. The van der Waals surface area contributed by atoms with Crippen molar-refractivity contribution in [3.05, 3.63) is 72.8 Å².